The maximum Gasteiger partial charge on any atom is 0.236 e. The van der Waals surface area contributed by atoms with Gasteiger partial charge in [0.1, 0.15) is 11.6 Å². The van der Waals surface area contributed by atoms with E-state index in [1.165, 1.54) is 16.7 Å². The van der Waals surface area contributed by atoms with Crippen LogP contribution in [0.3, 0.4) is 0 Å². The van der Waals surface area contributed by atoms with Crippen LogP contribution in [0.15, 0.2) is 53.7 Å². The van der Waals surface area contributed by atoms with Crippen molar-refractivity contribution in [3.8, 4) is 0 Å². The zero-order valence-corrected chi connectivity index (χ0v) is 14.2. The molecule has 2 aromatic carbocycles. The van der Waals surface area contributed by atoms with Crippen LogP contribution in [0.4, 0.5) is 0 Å². The van der Waals surface area contributed by atoms with E-state index in [2.05, 4.69) is 48.5 Å². The van der Waals surface area contributed by atoms with E-state index in [0.29, 0.717) is 0 Å². The molecule has 0 saturated carbocycles. The predicted molar refractivity (Wildman–Crippen MR) is 95.3 cm³/mol. The standard InChI is InChI=1S/C21H20N2O2/c1-13-8-10-15(11-9-13)18-17-20(25-22-18)19-16-7-3-2-5-14(16)6-4-12-23(19)21(17)24/h2-3,5,7-11,17,19-20H,4,6,12H2,1H3/t17-,19-,20+/m1/s1. The van der Waals surface area contributed by atoms with Gasteiger partial charge in [0.25, 0.3) is 0 Å². The molecule has 1 fully saturated rings. The quantitative estimate of drug-likeness (QED) is 0.804. The number of oxime groups is 1. The lowest BCUT2D eigenvalue weighted by molar-refractivity contribution is -0.130. The van der Waals surface area contributed by atoms with Crippen molar-refractivity contribution in [2.75, 3.05) is 6.54 Å². The Morgan fingerprint density at radius 1 is 1.12 bits per heavy atom. The van der Waals surface area contributed by atoms with Gasteiger partial charge in [0, 0.05) is 12.1 Å². The molecule has 4 heteroatoms. The van der Waals surface area contributed by atoms with Crippen LogP contribution in [0.5, 0.6) is 0 Å². The molecule has 25 heavy (non-hydrogen) atoms. The van der Waals surface area contributed by atoms with Crippen molar-refractivity contribution in [3.63, 3.8) is 0 Å². The predicted octanol–water partition coefficient (Wildman–Crippen LogP) is 3.24. The molecule has 0 aliphatic carbocycles. The largest absolute Gasteiger partial charge is 0.388 e. The zero-order chi connectivity index (χ0) is 17.0. The van der Waals surface area contributed by atoms with Crippen LogP contribution in [0.25, 0.3) is 0 Å². The van der Waals surface area contributed by atoms with Crippen LogP contribution in [0, 0.1) is 12.8 Å². The van der Waals surface area contributed by atoms with E-state index in [0.717, 1.165) is 30.7 Å². The first-order valence-electron chi connectivity index (χ1n) is 8.93. The molecule has 3 aliphatic rings. The highest BCUT2D eigenvalue weighted by atomic mass is 16.6. The number of carbonyl (C=O) groups excluding carboxylic acids is 1. The zero-order valence-electron chi connectivity index (χ0n) is 14.2. The van der Waals surface area contributed by atoms with Crippen molar-refractivity contribution in [1.82, 2.24) is 4.90 Å². The second-order valence-electron chi connectivity index (χ2n) is 7.17. The molecule has 0 unspecified atom stereocenters. The molecule has 2 aromatic rings. The lowest BCUT2D eigenvalue weighted by Gasteiger charge is -2.25. The first-order valence-corrected chi connectivity index (χ1v) is 8.93. The third-order valence-corrected chi connectivity index (χ3v) is 5.66. The summed E-state index contributed by atoms with van der Waals surface area (Å²) in [5.41, 5.74) is 5.51. The van der Waals surface area contributed by atoms with Gasteiger partial charge in [-0.3, -0.25) is 4.79 Å². The number of hydrogen-bond donors (Lipinski definition) is 0. The van der Waals surface area contributed by atoms with Crippen LogP contribution in [-0.4, -0.2) is 29.2 Å². The molecule has 4 nitrogen and oxygen atoms in total. The fraction of sp³-hybridized carbons (Fsp3) is 0.333. The Hall–Kier alpha value is -2.62. The molecule has 126 valence electrons. The summed E-state index contributed by atoms with van der Waals surface area (Å²) >= 11 is 0. The number of rotatable bonds is 1. The minimum absolute atomic E-state index is 0.0251. The Morgan fingerprint density at radius 3 is 2.76 bits per heavy atom. The van der Waals surface area contributed by atoms with Gasteiger partial charge in [-0.25, -0.2) is 0 Å². The second kappa shape index (κ2) is 5.45. The maximum absolute atomic E-state index is 13.2. The maximum atomic E-state index is 13.2. The van der Waals surface area contributed by atoms with Gasteiger partial charge in [-0.2, -0.15) is 0 Å². The highest BCUT2D eigenvalue weighted by Gasteiger charge is 2.56. The summed E-state index contributed by atoms with van der Waals surface area (Å²) in [6.45, 7) is 2.84. The summed E-state index contributed by atoms with van der Waals surface area (Å²) in [6.07, 6.45) is 1.79. The van der Waals surface area contributed by atoms with Crippen LogP contribution in [-0.2, 0) is 16.1 Å². The summed E-state index contributed by atoms with van der Waals surface area (Å²) in [4.78, 5) is 21.1. The highest BCUT2D eigenvalue weighted by molar-refractivity contribution is 6.15. The third kappa shape index (κ3) is 2.13. The van der Waals surface area contributed by atoms with E-state index in [1.807, 2.05) is 17.0 Å². The van der Waals surface area contributed by atoms with Gasteiger partial charge < -0.3 is 9.74 Å². The van der Waals surface area contributed by atoms with Gasteiger partial charge in [0.2, 0.25) is 5.91 Å². The van der Waals surface area contributed by atoms with Gasteiger partial charge in [-0.15, -0.1) is 0 Å². The van der Waals surface area contributed by atoms with Gasteiger partial charge in [0.05, 0.1) is 6.04 Å². The Kier molecular flexibility index (Phi) is 3.20. The minimum atomic E-state index is -0.293. The number of amides is 1. The Labute approximate surface area is 147 Å². The Morgan fingerprint density at radius 2 is 1.92 bits per heavy atom. The van der Waals surface area contributed by atoms with Crippen LogP contribution in [0.2, 0.25) is 0 Å². The minimum Gasteiger partial charge on any atom is -0.388 e. The van der Waals surface area contributed by atoms with Crippen molar-refractivity contribution in [2.24, 2.45) is 11.1 Å². The Bertz CT molecular complexity index is 872. The monoisotopic (exact) mass is 332 g/mol. The van der Waals surface area contributed by atoms with E-state index in [4.69, 9.17) is 4.84 Å². The van der Waals surface area contributed by atoms with Crippen molar-refractivity contribution in [1.29, 1.82) is 0 Å². The summed E-state index contributed by atoms with van der Waals surface area (Å²) in [5.74, 6) is -0.137. The molecule has 3 atom stereocenters. The topological polar surface area (TPSA) is 41.9 Å². The molecule has 0 aromatic heterocycles. The molecule has 0 bridgehead atoms. The van der Waals surface area contributed by atoms with Crippen molar-refractivity contribution >= 4 is 11.6 Å². The highest BCUT2D eigenvalue weighted by Crippen LogP contribution is 2.45. The van der Waals surface area contributed by atoms with Gasteiger partial charge in [0.15, 0.2) is 6.10 Å². The lowest BCUT2D eigenvalue weighted by Crippen LogP contribution is -2.32. The lowest BCUT2D eigenvalue weighted by atomic mass is 9.88. The fourth-order valence-corrected chi connectivity index (χ4v) is 4.42. The SMILES string of the molecule is Cc1ccc(C2=NO[C@H]3[C@@H]2C(=O)N2CCCc4ccccc4[C@H]32)cc1. The molecule has 3 heterocycles. The third-order valence-electron chi connectivity index (χ3n) is 5.66. The number of aryl methyl sites for hydroxylation is 2. The Balaban J connectivity index is 1.56. The smallest absolute Gasteiger partial charge is 0.236 e. The molecule has 0 N–H and O–H groups in total. The van der Waals surface area contributed by atoms with Gasteiger partial charge in [-0.05, 0) is 30.9 Å². The molecule has 1 saturated heterocycles. The molecule has 5 rings (SSSR count). The molecule has 0 radical (unpaired) electrons. The summed E-state index contributed by atoms with van der Waals surface area (Å²) in [5, 5.41) is 4.33. The van der Waals surface area contributed by atoms with Crippen molar-refractivity contribution in [2.45, 2.75) is 31.9 Å². The molecule has 1 amide bonds. The normalized spacial score (nSPS) is 27.1. The number of hydrogen-bond acceptors (Lipinski definition) is 3. The number of carbonyl (C=O) groups is 1. The summed E-state index contributed by atoms with van der Waals surface area (Å²) in [6, 6.07) is 16.6. The van der Waals surface area contributed by atoms with Crippen LogP contribution < -0.4 is 0 Å². The van der Waals surface area contributed by atoms with Crippen molar-refractivity contribution in [3.05, 3.63) is 70.8 Å². The van der Waals surface area contributed by atoms with Gasteiger partial charge in [-0.1, -0.05) is 59.3 Å². The van der Waals surface area contributed by atoms with Gasteiger partial charge >= 0.3 is 0 Å². The molecule has 3 aliphatic heterocycles. The second-order valence-corrected chi connectivity index (χ2v) is 7.17. The van der Waals surface area contributed by atoms with E-state index in [1.54, 1.807) is 0 Å². The fourth-order valence-electron chi connectivity index (χ4n) is 4.42. The summed E-state index contributed by atoms with van der Waals surface area (Å²) in [7, 11) is 0. The average molecular weight is 332 g/mol. The summed E-state index contributed by atoms with van der Waals surface area (Å²) < 4.78 is 0. The first-order chi connectivity index (χ1) is 12.2. The van der Waals surface area contributed by atoms with E-state index >= 15 is 0 Å². The number of fused-ring (bicyclic) bond motifs is 5. The number of nitrogens with zero attached hydrogens (tertiary/aromatic N) is 2. The molecular formula is C21H20N2O2. The van der Waals surface area contributed by atoms with E-state index in [-0.39, 0.29) is 24.0 Å². The molecule has 0 spiro atoms. The number of benzene rings is 2. The van der Waals surface area contributed by atoms with E-state index in [9.17, 15) is 4.79 Å². The molecular weight excluding hydrogens is 312 g/mol. The van der Waals surface area contributed by atoms with E-state index < -0.39 is 0 Å². The van der Waals surface area contributed by atoms with Crippen LogP contribution in [0.1, 0.15) is 34.7 Å². The average Bonchev–Trinajstić information content (AvgIpc) is 3.09. The van der Waals surface area contributed by atoms with Crippen LogP contribution >= 0.6 is 0 Å². The first kappa shape index (κ1) is 14.7. The van der Waals surface area contributed by atoms with Crippen molar-refractivity contribution < 1.29 is 9.63 Å².